The van der Waals surface area contributed by atoms with Crippen molar-refractivity contribution in [3.63, 3.8) is 0 Å². The smallest absolute Gasteiger partial charge is 0.460 e. The molecule has 0 bridgehead atoms. The lowest BCUT2D eigenvalue weighted by atomic mass is 10.0. The molecular weight excluding hydrogens is 345 g/mol. The van der Waals surface area contributed by atoms with Crippen molar-refractivity contribution in [3.05, 3.63) is 24.3 Å². The Morgan fingerprint density at radius 1 is 0.783 bits per heavy atom. The molecular formula is C12H10F9NO. The standard InChI is InChI=1S/C12H10F9NO/c13-9(14,10(15,16)11(17,18)12(19,20)21)5-6-23-8-3-1-7(22)2-4-8/h1-4H,5-6,22H2. The van der Waals surface area contributed by atoms with Crippen LogP contribution in [-0.2, 0) is 0 Å². The highest BCUT2D eigenvalue weighted by Crippen LogP contribution is 2.53. The van der Waals surface area contributed by atoms with Gasteiger partial charge in [0.1, 0.15) is 5.75 Å². The predicted molar refractivity (Wildman–Crippen MR) is 61.9 cm³/mol. The zero-order valence-corrected chi connectivity index (χ0v) is 11.1. The summed E-state index contributed by atoms with van der Waals surface area (Å²) < 4.78 is 118. The van der Waals surface area contributed by atoms with E-state index in [0.717, 1.165) is 0 Å². The van der Waals surface area contributed by atoms with Crippen LogP contribution in [0.4, 0.5) is 45.2 Å². The third-order valence-electron chi connectivity index (χ3n) is 2.77. The third-order valence-corrected chi connectivity index (χ3v) is 2.77. The van der Waals surface area contributed by atoms with E-state index in [0.29, 0.717) is 0 Å². The summed E-state index contributed by atoms with van der Waals surface area (Å²) >= 11 is 0. The number of nitrogens with two attached hydrogens (primary N) is 1. The van der Waals surface area contributed by atoms with E-state index in [9.17, 15) is 39.5 Å². The number of alkyl halides is 9. The molecule has 0 amide bonds. The van der Waals surface area contributed by atoms with Gasteiger partial charge in [0, 0.05) is 5.69 Å². The van der Waals surface area contributed by atoms with Gasteiger partial charge in [-0.2, -0.15) is 39.5 Å². The molecule has 2 nitrogen and oxygen atoms in total. The molecule has 2 N–H and O–H groups in total. The Morgan fingerprint density at radius 3 is 1.70 bits per heavy atom. The predicted octanol–water partition coefficient (Wildman–Crippen LogP) is 4.51. The lowest BCUT2D eigenvalue weighted by molar-refractivity contribution is -0.397. The summed E-state index contributed by atoms with van der Waals surface area (Å²) in [7, 11) is 0. The molecule has 1 aromatic rings. The molecule has 23 heavy (non-hydrogen) atoms. The summed E-state index contributed by atoms with van der Waals surface area (Å²) in [5.74, 6) is -19.2. The van der Waals surface area contributed by atoms with E-state index in [1.807, 2.05) is 0 Å². The van der Waals surface area contributed by atoms with Crippen LogP contribution >= 0.6 is 0 Å². The highest BCUT2D eigenvalue weighted by molar-refractivity contribution is 5.41. The van der Waals surface area contributed by atoms with Crippen molar-refractivity contribution in [1.82, 2.24) is 0 Å². The molecule has 0 aliphatic heterocycles. The number of hydrogen-bond acceptors (Lipinski definition) is 2. The Labute approximate surface area is 124 Å². The van der Waals surface area contributed by atoms with E-state index in [-0.39, 0.29) is 11.4 Å². The third kappa shape index (κ3) is 3.75. The maximum Gasteiger partial charge on any atom is 0.460 e. The first-order valence-electron chi connectivity index (χ1n) is 5.91. The van der Waals surface area contributed by atoms with E-state index in [1.165, 1.54) is 24.3 Å². The molecule has 1 rings (SSSR count). The van der Waals surface area contributed by atoms with Gasteiger partial charge in [-0.1, -0.05) is 0 Å². The zero-order chi connectivity index (χ0) is 18.1. The lowest BCUT2D eigenvalue weighted by Crippen LogP contribution is -2.61. The molecule has 0 aromatic heterocycles. The monoisotopic (exact) mass is 355 g/mol. The molecule has 0 fully saturated rings. The van der Waals surface area contributed by atoms with Crippen LogP contribution in [-0.4, -0.2) is 30.6 Å². The Bertz CT molecular complexity index is 524. The van der Waals surface area contributed by atoms with Gasteiger partial charge < -0.3 is 10.5 Å². The Balaban J connectivity index is 2.79. The van der Waals surface area contributed by atoms with Crippen molar-refractivity contribution in [2.24, 2.45) is 0 Å². The van der Waals surface area contributed by atoms with Gasteiger partial charge in [0.15, 0.2) is 0 Å². The van der Waals surface area contributed by atoms with E-state index >= 15 is 0 Å². The normalized spacial score (nSPS) is 14.0. The minimum absolute atomic E-state index is 0.0964. The second kappa shape index (κ2) is 6.00. The van der Waals surface area contributed by atoms with Gasteiger partial charge in [-0.3, -0.25) is 0 Å². The van der Waals surface area contributed by atoms with Gasteiger partial charge in [0.25, 0.3) is 0 Å². The molecule has 0 saturated carbocycles. The van der Waals surface area contributed by atoms with Crippen molar-refractivity contribution in [1.29, 1.82) is 0 Å². The average molecular weight is 355 g/mol. The van der Waals surface area contributed by atoms with Crippen molar-refractivity contribution >= 4 is 5.69 Å². The van der Waals surface area contributed by atoms with Crippen molar-refractivity contribution in [2.75, 3.05) is 12.3 Å². The molecule has 0 atom stereocenters. The lowest BCUT2D eigenvalue weighted by Gasteiger charge is -2.33. The summed E-state index contributed by atoms with van der Waals surface area (Å²) in [6.07, 6.45) is -8.87. The second-order valence-electron chi connectivity index (χ2n) is 4.52. The van der Waals surface area contributed by atoms with E-state index < -0.39 is 37.0 Å². The second-order valence-corrected chi connectivity index (χ2v) is 4.52. The number of hydrogen-bond donors (Lipinski definition) is 1. The van der Waals surface area contributed by atoms with Crippen molar-refractivity contribution in [2.45, 2.75) is 30.4 Å². The molecule has 11 heteroatoms. The molecule has 0 saturated heterocycles. The summed E-state index contributed by atoms with van der Waals surface area (Å²) in [6, 6.07) is 4.91. The van der Waals surface area contributed by atoms with Crippen LogP contribution in [0.1, 0.15) is 6.42 Å². The fraction of sp³-hybridized carbons (Fsp3) is 0.500. The summed E-state index contributed by atoms with van der Waals surface area (Å²) in [6.45, 7) is -1.21. The van der Waals surface area contributed by atoms with Crippen LogP contribution in [0.25, 0.3) is 0 Å². The Kier molecular flexibility index (Phi) is 5.02. The number of anilines is 1. The summed E-state index contributed by atoms with van der Waals surface area (Å²) in [5, 5.41) is 0. The fourth-order valence-electron chi connectivity index (χ4n) is 1.43. The maximum atomic E-state index is 13.2. The van der Waals surface area contributed by atoms with Gasteiger partial charge in [-0.05, 0) is 24.3 Å². The van der Waals surface area contributed by atoms with Crippen LogP contribution in [0.3, 0.4) is 0 Å². The molecule has 0 unspecified atom stereocenters. The summed E-state index contributed by atoms with van der Waals surface area (Å²) in [4.78, 5) is 0. The first kappa shape index (κ1) is 19.2. The van der Waals surface area contributed by atoms with Crippen LogP contribution in [0.2, 0.25) is 0 Å². The van der Waals surface area contributed by atoms with Crippen LogP contribution < -0.4 is 10.5 Å². The van der Waals surface area contributed by atoms with E-state index in [2.05, 4.69) is 4.74 Å². The average Bonchev–Trinajstić information content (AvgIpc) is 2.39. The van der Waals surface area contributed by atoms with Gasteiger partial charge in [0.2, 0.25) is 0 Å². The SMILES string of the molecule is Nc1ccc(OCCC(F)(F)C(F)(F)C(F)(F)C(F)(F)F)cc1. The van der Waals surface area contributed by atoms with Crippen LogP contribution in [0.15, 0.2) is 24.3 Å². The van der Waals surface area contributed by atoms with Gasteiger partial charge in [-0.25, -0.2) is 0 Å². The molecule has 0 aliphatic carbocycles. The van der Waals surface area contributed by atoms with E-state index in [4.69, 9.17) is 5.73 Å². The molecule has 1 aromatic carbocycles. The van der Waals surface area contributed by atoms with Crippen molar-refractivity contribution in [3.8, 4) is 5.75 Å². The first-order chi connectivity index (χ1) is 10.2. The van der Waals surface area contributed by atoms with Gasteiger partial charge in [0.05, 0.1) is 13.0 Å². The molecule has 0 aliphatic rings. The van der Waals surface area contributed by atoms with Crippen LogP contribution in [0.5, 0.6) is 5.75 Å². The Morgan fingerprint density at radius 2 is 1.26 bits per heavy atom. The molecule has 0 heterocycles. The highest BCUT2D eigenvalue weighted by atomic mass is 19.4. The van der Waals surface area contributed by atoms with Crippen LogP contribution in [0, 0.1) is 0 Å². The molecule has 0 radical (unpaired) electrons. The van der Waals surface area contributed by atoms with E-state index in [1.54, 1.807) is 0 Å². The number of halogens is 9. The topological polar surface area (TPSA) is 35.2 Å². The van der Waals surface area contributed by atoms with Crippen molar-refractivity contribution < 1.29 is 44.3 Å². The molecule has 0 spiro atoms. The quantitative estimate of drug-likeness (QED) is 0.602. The minimum atomic E-state index is -6.88. The first-order valence-corrected chi connectivity index (χ1v) is 5.91. The highest BCUT2D eigenvalue weighted by Gasteiger charge is 2.81. The maximum absolute atomic E-state index is 13.2. The molecule has 132 valence electrons. The number of benzene rings is 1. The fourth-order valence-corrected chi connectivity index (χ4v) is 1.43. The minimum Gasteiger partial charge on any atom is -0.493 e. The van der Waals surface area contributed by atoms with Gasteiger partial charge in [-0.15, -0.1) is 0 Å². The number of nitrogen functional groups attached to an aromatic ring is 1. The van der Waals surface area contributed by atoms with Gasteiger partial charge >= 0.3 is 23.9 Å². The Hall–Kier alpha value is -1.81. The number of rotatable bonds is 6. The summed E-state index contributed by atoms with van der Waals surface area (Å²) in [5.41, 5.74) is 5.58. The largest absolute Gasteiger partial charge is 0.493 e. The zero-order valence-electron chi connectivity index (χ0n) is 11.1. The number of ether oxygens (including phenoxy) is 1.